The van der Waals surface area contributed by atoms with Gasteiger partial charge in [0, 0.05) is 30.1 Å². The fourth-order valence-electron chi connectivity index (χ4n) is 2.88. The van der Waals surface area contributed by atoms with Crippen molar-refractivity contribution in [1.82, 2.24) is 4.57 Å². The third-order valence-electron chi connectivity index (χ3n) is 3.53. The molecule has 4 rings (SSSR count). The molecule has 1 aromatic carbocycles. The van der Waals surface area contributed by atoms with Gasteiger partial charge in [-0.1, -0.05) is 24.3 Å². The van der Waals surface area contributed by atoms with Crippen LogP contribution in [0.25, 0.3) is 16.6 Å². The number of hydrogen-bond acceptors (Lipinski definition) is 1. The molecule has 1 aromatic heterocycles. The van der Waals surface area contributed by atoms with Crippen LogP contribution in [-0.2, 0) is 13.0 Å². The molecule has 0 saturated carbocycles. The molecule has 78 valence electrons. The Labute approximate surface area is 93.9 Å². The summed E-state index contributed by atoms with van der Waals surface area (Å²) in [5.41, 5.74) is 5.35. The van der Waals surface area contributed by atoms with Crippen LogP contribution < -0.4 is 0 Å². The van der Waals surface area contributed by atoms with Gasteiger partial charge in [-0.25, -0.2) is 0 Å². The summed E-state index contributed by atoms with van der Waals surface area (Å²) in [5.74, 6) is 0. The van der Waals surface area contributed by atoms with Crippen LogP contribution in [-0.4, -0.2) is 10.8 Å². The number of hydrogen-bond donors (Lipinski definition) is 0. The zero-order valence-corrected chi connectivity index (χ0v) is 8.98. The summed E-state index contributed by atoms with van der Waals surface area (Å²) >= 11 is 0. The second kappa shape index (κ2) is 2.85. The van der Waals surface area contributed by atoms with Crippen molar-refractivity contribution in [3.8, 4) is 0 Å². The number of allylic oxidation sites excluding steroid dienone is 1. The van der Waals surface area contributed by atoms with Crippen LogP contribution in [0.5, 0.6) is 0 Å². The largest absolute Gasteiger partial charge is 0.339 e. The zero-order chi connectivity index (χ0) is 10.5. The number of aryl methyl sites for hydroxylation is 1. The number of nitrogens with zero attached hydrogens (tertiary/aromatic N) is 2. The lowest BCUT2D eigenvalue weighted by Crippen LogP contribution is -2.10. The second-order valence-corrected chi connectivity index (χ2v) is 4.39. The van der Waals surface area contributed by atoms with Crippen molar-refractivity contribution in [3.63, 3.8) is 0 Å². The number of para-hydroxylation sites is 1. The van der Waals surface area contributed by atoms with Crippen molar-refractivity contribution in [2.75, 3.05) is 0 Å². The van der Waals surface area contributed by atoms with Gasteiger partial charge in [0.25, 0.3) is 0 Å². The maximum absolute atomic E-state index is 4.51. The first-order valence-electron chi connectivity index (χ1n) is 5.78. The van der Waals surface area contributed by atoms with Gasteiger partial charge in [0.15, 0.2) is 0 Å². The predicted octanol–water partition coefficient (Wildman–Crippen LogP) is 3.01. The number of fused-ring (bicyclic) bond motifs is 3. The van der Waals surface area contributed by atoms with Crippen molar-refractivity contribution in [1.29, 1.82) is 0 Å². The first kappa shape index (κ1) is 8.34. The molecular weight excluding hydrogens is 196 g/mol. The van der Waals surface area contributed by atoms with Crippen molar-refractivity contribution in [3.05, 3.63) is 41.6 Å². The number of benzene rings is 1. The topological polar surface area (TPSA) is 17.3 Å². The summed E-state index contributed by atoms with van der Waals surface area (Å²) in [5, 5.41) is 1.40. The monoisotopic (exact) mass is 208 g/mol. The SMILES string of the molecule is C1=NC2=CCCn3c2c(c2ccccc23)C1. The summed E-state index contributed by atoms with van der Waals surface area (Å²) < 4.78 is 2.43. The maximum atomic E-state index is 4.51. The minimum Gasteiger partial charge on any atom is -0.339 e. The van der Waals surface area contributed by atoms with Crippen molar-refractivity contribution in [2.24, 2.45) is 4.99 Å². The minimum atomic E-state index is 0.972. The van der Waals surface area contributed by atoms with Crippen molar-refractivity contribution in [2.45, 2.75) is 19.4 Å². The Morgan fingerprint density at radius 3 is 3.12 bits per heavy atom. The van der Waals surface area contributed by atoms with E-state index in [1.807, 2.05) is 6.21 Å². The Morgan fingerprint density at radius 2 is 2.12 bits per heavy atom. The Hall–Kier alpha value is -1.83. The molecule has 2 aliphatic heterocycles. The second-order valence-electron chi connectivity index (χ2n) is 4.39. The molecule has 0 amide bonds. The van der Waals surface area contributed by atoms with Crippen LogP contribution >= 0.6 is 0 Å². The number of rotatable bonds is 0. The van der Waals surface area contributed by atoms with Gasteiger partial charge in [-0.15, -0.1) is 0 Å². The molecule has 16 heavy (non-hydrogen) atoms. The van der Waals surface area contributed by atoms with E-state index in [4.69, 9.17) is 0 Å². The molecule has 0 N–H and O–H groups in total. The summed E-state index contributed by atoms with van der Waals surface area (Å²) in [7, 11) is 0. The quantitative estimate of drug-likeness (QED) is 0.633. The molecule has 0 bridgehead atoms. The van der Waals surface area contributed by atoms with Crippen LogP contribution in [0.3, 0.4) is 0 Å². The summed E-state index contributed by atoms with van der Waals surface area (Å²) in [6.45, 7) is 1.09. The molecule has 0 aliphatic carbocycles. The van der Waals surface area contributed by atoms with Crippen LogP contribution in [0.15, 0.2) is 35.3 Å². The molecule has 0 fully saturated rings. The fraction of sp³-hybridized carbons (Fsp3) is 0.214. The highest BCUT2D eigenvalue weighted by atomic mass is 15.0. The Morgan fingerprint density at radius 1 is 1.19 bits per heavy atom. The average Bonchev–Trinajstić information content (AvgIpc) is 2.68. The van der Waals surface area contributed by atoms with Gasteiger partial charge in [-0.3, -0.25) is 4.99 Å². The smallest absolute Gasteiger partial charge is 0.0826 e. The average molecular weight is 208 g/mol. The van der Waals surface area contributed by atoms with Crippen molar-refractivity contribution >= 4 is 22.8 Å². The van der Waals surface area contributed by atoms with Crippen LogP contribution in [0.1, 0.15) is 17.7 Å². The van der Waals surface area contributed by atoms with Gasteiger partial charge in [0.2, 0.25) is 0 Å². The van der Waals surface area contributed by atoms with E-state index in [9.17, 15) is 0 Å². The standard InChI is InChI=1S/C14H12N2/c1-2-6-13-10(4-1)11-7-8-15-12-5-3-9-16(13)14(11)12/h1-2,4-6,8H,3,7,9H2. The summed E-state index contributed by atoms with van der Waals surface area (Å²) in [6.07, 6.45) is 6.36. The third-order valence-corrected chi connectivity index (χ3v) is 3.53. The molecule has 0 radical (unpaired) electrons. The maximum Gasteiger partial charge on any atom is 0.0826 e. The minimum absolute atomic E-state index is 0.972. The first-order chi connectivity index (χ1) is 7.95. The molecule has 0 saturated heterocycles. The highest BCUT2D eigenvalue weighted by Crippen LogP contribution is 2.36. The van der Waals surface area contributed by atoms with E-state index in [1.165, 1.54) is 27.9 Å². The number of aromatic nitrogens is 1. The van der Waals surface area contributed by atoms with Gasteiger partial charge in [0.05, 0.1) is 11.4 Å². The zero-order valence-electron chi connectivity index (χ0n) is 8.98. The lowest BCUT2D eigenvalue weighted by Gasteiger charge is -2.18. The molecular formula is C14H12N2. The van der Waals surface area contributed by atoms with E-state index >= 15 is 0 Å². The van der Waals surface area contributed by atoms with Gasteiger partial charge in [-0.2, -0.15) is 0 Å². The van der Waals surface area contributed by atoms with Crippen LogP contribution in [0.4, 0.5) is 0 Å². The Kier molecular flexibility index (Phi) is 1.48. The molecule has 2 heteroatoms. The van der Waals surface area contributed by atoms with Gasteiger partial charge < -0.3 is 4.57 Å². The molecule has 3 heterocycles. The summed E-state index contributed by atoms with van der Waals surface area (Å²) in [4.78, 5) is 4.51. The first-order valence-corrected chi connectivity index (χ1v) is 5.78. The van der Waals surface area contributed by atoms with Gasteiger partial charge in [-0.05, 0) is 18.1 Å². The van der Waals surface area contributed by atoms with E-state index in [1.54, 1.807) is 0 Å². The number of aliphatic imine (C=N–C) groups is 1. The molecule has 2 aromatic rings. The van der Waals surface area contributed by atoms with Gasteiger partial charge >= 0.3 is 0 Å². The normalized spacial score (nSPS) is 17.4. The molecule has 0 atom stereocenters. The van der Waals surface area contributed by atoms with E-state index < -0.39 is 0 Å². The lowest BCUT2D eigenvalue weighted by molar-refractivity contribution is 0.708. The molecule has 2 nitrogen and oxygen atoms in total. The lowest BCUT2D eigenvalue weighted by atomic mass is 10.0. The Balaban J connectivity index is 2.21. The highest BCUT2D eigenvalue weighted by molar-refractivity contribution is 5.95. The van der Waals surface area contributed by atoms with E-state index in [0.29, 0.717) is 0 Å². The van der Waals surface area contributed by atoms with Crippen LogP contribution in [0, 0.1) is 0 Å². The van der Waals surface area contributed by atoms with Crippen LogP contribution in [0.2, 0.25) is 0 Å². The Bertz CT molecular complexity index is 644. The fourth-order valence-corrected chi connectivity index (χ4v) is 2.88. The molecule has 0 spiro atoms. The van der Waals surface area contributed by atoms with E-state index in [0.717, 1.165) is 19.4 Å². The predicted molar refractivity (Wildman–Crippen MR) is 66.7 cm³/mol. The molecule has 0 unspecified atom stereocenters. The highest BCUT2D eigenvalue weighted by Gasteiger charge is 2.23. The van der Waals surface area contributed by atoms with E-state index in [2.05, 4.69) is 39.9 Å². The summed E-state index contributed by atoms with van der Waals surface area (Å²) in [6, 6.07) is 8.69. The van der Waals surface area contributed by atoms with Gasteiger partial charge in [0.1, 0.15) is 0 Å². The van der Waals surface area contributed by atoms with Crippen molar-refractivity contribution < 1.29 is 0 Å². The molecule has 2 aliphatic rings. The third kappa shape index (κ3) is 0.896. The van der Waals surface area contributed by atoms with E-state index in [-0.39, 0.29) is 0 Å².